The summed E-state index contributed by atoms with van der Waals surface area (Å²) in [6, 6.07) is 7.91. The van der Waals surface area contributed by atoms with Crippen molar-refractivity contribution in [2.24, 2.45) is 5.92 Å². The number of hydrogen-bond acceptors (Lipinski definition) is 5. The van der Waals surface area contributed by atoms with Gasteiger partial charge in [0, 0.05) is 0 Å². The molecule has 0 bridgehead atoms. The molecular formula is C15H14N2O4. The van der Waals surface area contributed by atoms with E-state index < -0.39 is 23.7 Å². The first kappa shape index (κ1) is 14.7. The number of benzene rings is 1. The highest BCUT2D eigenvalue weighted by molar-refractivity contribution is 6.42. The molecule has 0 aliphatic carbocycles. The second-order valence-electron chi connectivity index (χ2n) is 4.77. The number of methoxy groups -OCH3 is 1. The van der Waals surface area contributed by atoms with E-state index in [1.54, 1.807) is 24.3 Å². The lowest BCUT2D eigenvalue weighted by atomic mass is 9.90. The van der Waals surface area contributed by atoms with E-state index in [0.717, 1.165) is 4.90 Å². The molecule has 2 unspecified atom stereocenters. The van der Waals surface area contributed by atoms with E-state index in [0.29, 0.717) is 11.3 Å². The molecule has 1 aromatic rings. The van der Waals surface area contributed by atoms with Gasteiger partial charge in [-0.15, -0.1) is 0 Å². The van der Waals surface area contributed by atoms with E-state index in [9.17, 15) is 14.4 Å². The summed E-state index contributed by atoms with van der Waals surface area (Å²) >= 11 is 0. The Morgan fingerprint density at radius 3 is 2.71 bits per heavy atom. The van der Waals surface area contributed by atoms with Gasteiger partial charge < -0.3 is 9.64 Å². The van der Waals surface area contributed by atoms with Gasteiger partial charge >= 0.3 is 0 Å². The molecule has 6 heteroatoms. The lowest BCUT2D eigenvalue weighted by Gasteiger charge is -2.24. The van der Waals surface area contributed by atoms with E-state index >= 15 is 0 Å². The largest absolute Gasteiger partial charge is 0.497 e. The van der Waals surface area contributed by atoms with Crippen molar-refractivity contribution < 1.29 is 19.1 Å². The highest BCUT2D eigenvalue weighted by Crippen LogP contribution is 2.37. The van der Waals surface area contributed by atoms with Crippen LogP contribution in [0, 0.1) is 17.2 Å². The second-order valence-corrected chi connectivity index (χ2v) is 4.77. The first-order valence-electron chi connectivity index (χ1n) is 6.37. The van der Waals surface area contributed by atoms with Crippen LogP contribution in [0.2, 0.25) is 0 Å². The minimum absolute atomic E-state index is 0.240. The van der Waals surface area contributed by atoms with Crippen LogP contribution in [0.4, 0.5) is 0 Å². The molecule has 0 saturated carbocycles. The first-order chi connectivity index (χ1) is 10.0. The molecule has 108 valence electrons. The Kier molecular flexibility index (Phi) is 4.03. The van der Waals surface area contributed by atoms with Crippen LogP contribution in [0.5, 0.6) is 5.75 Å². The van der Waals surface area contributed by atoms with Crippen LogP contribution in [-0.4, -0.2) is 36.0 Å². The first-order valence-corrected chi connectivity index (χ1v) is 6.37. The van der Waals surface area contributed by atoms with Gasteiger partial charge in [0.05, 0.1) is 19.2 Å². The molecule has 1 heterocycles. The molecule has 1 amide bonds. The molecule has 2 rings (SSSR count). The van der Waals surface area contributed by atoms with Crippen molar-refractivity contribution in [1.82, 2.24) is 4.90 Å². The zero-order valence-electron chi connectivity index (χ0n) is 11.7. The quantitative estimate of drug-likeness (QED) is 0.466. The summed E-state index contributed by atoms with van der Waals surface area (Å²) in [6.45, 7) is 1.04. The zero-order valence-corrected chi connectivity index (χ0v) is 11.7. The van der Waals surface area contributed by atoms with Crippen molar-refractivity contribution in [3.63, 3.8) is 0 Å². The minimum Gasteiger partial charge on any atom is -0.497 e. The Bertz CT molecular complexity index is 647. The number of likely N-dealkylation sites (tertiary alicyclic amines) is 1. The molecule has 2 atom stereocenters. The Morgan fingerprint density at radius 2 is 2.14 bits per heavy atom. The molecule has 1 saturated heterocycles. The number of Topliss-reactive ketones (excluding diaryl/α,β-unsaturated/α-hetero) is 2. The zero-order chi connectivity index (χ0) is 15.6. The van der Waals surface area contributed by atoms with Gasteiger partial charge in [0.2, 0.25) is 5.78 Å². The molecule has 6 nitrogen and oxygen atoms in total. The van der Waals surface area contributed by atoms with E-state index in [-0.39, 0.29) is 12.3 Å². The van der Waals surface area contributed by atoms with Gasteiger partial charge in [0.25, 0.3) is 5.91 Å². The number of amides is 1. The third kappa shape index (κ3) is 2.50. The number of carbonyl (C=O) groups is 3. The van der Waals surface area contributed by atoms with Gasteiger partial charge in [0.15, 0.2) is 0 Å². The van der Waals surface area contributed by atoms with E-state index in [1.165, 1.54) is 14.0 Å². The van der Waals surface area contributed by atoms with Crippen molar-refractivity contribution in [3.05, 3.63) is 29.8 Å². The van der Waals surface area contributed by atoms with Gasteiger partial charge in [-0.3, -0.25) is 14.4 Å². The van der Waals surface area contributed by atoms with Crippen LogP contribution in [0.1, 0.15) is 18.5 Å². The monoisotopic (exact) mass is 286 g/mol. The summed E-state index contributed by atoms with van der Waals surface area (Å²) < 4.78 is 5.12. The predicted octanol–water partition coefficient (Wildman–Crippen LogP) is 0.876. The molecule has 21 heavy (non-hydrogen) atoms. The maximum Gasteiger partial charge on any atom is 0.292 e. The van der Waals surface area contributed by atoms with E-state index in [1.807, 2.05) is 6.07 Å². The number of carbonyl (C=O) groups excluding carboxylic acids is 3. The number of nitrogens with zero attached hydrogens (tertiary/aromatic N) is 2. The third-order valence-corrected chi connectivity index (χ3v) is 3.52. The van der Waals surface area contributed by atoms with Gasteiger partial charge in [-0.2, -0.15) is 5.26 Å². The number of hydrogen-bond donors (Lipinski definition) is 0. The van der Waals surface area contributed by atoms with Crippen molar-refractivity contribution in [3.8, 4) is 11.8 Å². The molecular weight excluding hydrogens is 272 g/mol. The Hall–Kier alpha value is -2.68. The van der Waals surface area contributed by atoms with Crippen LogP contribution >= 0.6 is 0 Å². The third-order valence-electron chi connectivity index (χ3n) is 3.52. The van der Waals surface area contributed by atoms with Gasteiger partial charge in [0.1, 0.15) is 24.0 Å². The number of ether oxygens (including phenoxy) is 1. The van der Waals surface area contributed by atoms with Crippen molar-refractivity contribution in [1.29, 1.82) is 5.26 Å². The average Bonchev–Trinajstić information content (AvgIpc) is 2.72. The van der Waals surface area contributed by atoms with Gasteiger partial charge in [-0.1, -0.05) is 12.1 Å². The van der Waals surface area contributed by atoms with E-state index in [4.69, 9.17) is 10.00 Å². The summed E-state index contributed by atoms with van der Waals surface area (Å²) in [5.41, 5.74) is 0.601. The summed E-state index contributed by atoms with van der Waals surface area (Å²) in [5.74, 6) is -2.45. The summed E-state index contributed by atoms with van der Waals surface area (Å²) in [5, 5.41) is 8.86. The maximum atomic E-state index is 12.0. The van der Waals surface area contributed by atoms with Crippen LogP contribution in [0.15, 0.2) is 24.3 Å². The summed E-state index contributed by atoms with van der Waals surface area (Å²) in [4.78, 5) is 36.9. The van der Waals surface area contributed by atoms with Crippen molar-refractivity contribution in [2.45, 2.75) is 13.0 Å². The molecule has 1 aromatic carbocycles. The fourth-order valence-electron chi connectivity index (χ4n) is 2.58. The Morgan fingerprint density at radius 1 is 1.43 bits per heavy atom. The van der Waals surface area contributed by atoms with Crippen LogP contribution < -0.4 is 4.74 Å². The normalized spacial score (nSPS) is 21.3. The molecule has 0 radical (unpaired) electrons. The SMILES string of the molecule is COc1cccc(C2C(C(C)=O)C(=O)C(=O)N2CC#N)c1. The summed E-state index contributed by atoms with van der Waals surface area (Å²) in [6.07, 6.45) is 0. The Balaban J connectivity index is 2.53. The van der Waals surface area contributed by atoms with Crippen LogP contribution in [0.3, 0.4) is 0 Å². The van der Waals surface area contributed by atoms with E-state index in [2.05, 4.69) is 0 Å². The fraction of sp³-hybridized carbons (Fsp3) is 0.333. The second kappa shape index (κ2) is 5.75. The van der Waals surface area contributed by atoms with Crippen LogP contribution in [-0.2, 0) is 14.4 Å². The highest BCUT2D eigenvalue weighted by Gasteiger charge is 2.50. The molecule has 1 fully saturated rings. The lowest BCUT2D eigenvalue weighted by Crippen LogP contribution is -2.30. The van der Waals surface area contributed by atoms with Crippen LogP contribution in [0.25, 0.3) is 0 Å². The summed E-state index contributed by atoms with van der Waals surface area (Å²) in [7, 11) is 1.50. The molecule has 1 aliphatic rings. The molecule has 0 aromatic heterocycles. The average molecular weight is 286 g/mol. The predicted molar refractivity (Wildman–Crippen MR) is 72.2 cm³/mol. The standard InChI is InChI=1S/C15H14N2O4/c1-9(18)12-13(10-4-3-5-11(8-10)21-2)17(7-6-16)15(20)14(12)19/h3-5,8,12-13H,7H2,1-2H3. The molecule has 0 N–H and O–H groups in total. The van der Waals surface area contributed by atoms with Gasteiger partial charge in [-0.05, 0) is 24.6 Å². The smallest absolute Gasteiger partial charge is 0.292 e. The number of rotatable bonds is 4. The Labute approximate surface area is 121 Å². The highest BCUT2D eigenvalue weighted by atomic mass is 16.5. The lowest BCUT2D eigenvalue weighted by molar-refractivity contribution is -0.141. The van der Waals surface area contributed by atoms with Crippen molar-refractivity contribution in [2.75, 3.05) is 13.7 Å². The van der Waals surface area contributed by atoms with Crippen molar-refractivity contribution >= 4 is 17.5 Å². The number of nitriles is 1. The number of ketones is 2. The fourth-order valence-corrected chi connectivity index (χ4v) is 2.58. The molecule has 1 aliphatic heterocycles. The maximum absolute atomic E-state index is 12.0. The minimum atomic E-state index is -1.07. The topological polar surface area (TPSA) is 87.5 Å². The molecule has 0 spiro atoms. The van der Waals surface area contributed by atoms with Gasteiger partial charge in [-0.25, -0.2) is 0 Å².